The van der Waals surface area contributed by atoms with Crippen LogP contribution in [0.5, 0.6) is 0 Å². The molecule has 0 radical (unpaired) electrons. The van der Waals surface area contributed by atoms with E-state index in [1.165, 1.54) is 18.3 Å². The summed E-state index contributed by atoms with van der Waals surface area (Å²) in [6, 6.07) is 6.78. The number of nitro benzene ring substituents is 1. The van der Waals surface area contributed by atoms with Gasteiger partial charge in [0, 0.05) is 23.2 Å². The van der Waals surface area contributed by atoms with Gasteiger partial charge in [0.25, 0.3) is 5.69 Å². The highest BCUT2D eigenvalue weighted by atomic mass is 35.5. The fourth-order valence-electron chi connectivity index (χ4n) is 1.44. The van der Waals surface area contributed by atoms with Crippen molar-refractivity contribution < 1.29 is 14.8 Å². The summed E-state index contributed by atoms with van der Waals surface area (Å²) in [5.41, 5.74) is -0.230. The summed E-state index contributed by atoms with van der Waals surface area (Å²) in [4.78, 5) is 25.5. The minimum Gasteiger partial charge on any atom is -0.478 e. The van der Waals surface area contributed by atoms with Crippen molar-refractivity contribution in [1.82, 2.24) is 4.98 Å². The number of hydrogen-bond donors (Lipinski definition) is 1. The molecule has 0 aliphatic rings. The smallest absolute Gasteiger partial charge is 0.336 e. The van der Waals surface area contributed by atoms with Crippen molar-refractivity contribution in [3.8, 4) is 0 Å². The number of carbonyl (C=O) groups is 1. The standard InChI is InChI=1S/C12H7ClN2O4S/c13-9-2-1-5-14-11(9)20-10-6-7(15(18)19)3-4-8(10)12(16)17/h1-6H,(H,16,17). The van der Waals surface area contributed by atoms with Gasteiger partial charge < -0.3 is 5.11 Å². The monoisotopic (exact) mass is 310 g/mol. The Morgan fingerprint density at radius 3 is 2.75 bits per heavy atom. The van der Waals surface area contributed by atoms with Crippen LogP contribution in [0.4, 0.5) is 5.69 Å². The van der Waals surface area contributed by atoms with Gasteiger partial charge in [0.1, 0.15) is 5.03 Å². The van der Waals surface area contributed by atoms with Crippen molar-refractivity contribution in [2.24, 2.45) is 0 Å². The van der Waals surface area contributed by atoms with Gasteiger partial charge in [-0.25, -0.2) is 9.78 Å². The van der Waals surface area contributed by atoms with E-state index in [4.69, 9.17) is 16.7 Å². The second-order valence-corrected chi connectivity index (χ2v) is 5.07. The van der Waals surface area contributed by atoms with Crippen molar-refractivity contribution in [3.05, 3.63) is 57.2 Å². The van der Waals surface area contributed by atoms with Crippen LogP contribution in [0.2, 0.25) is 5.02 Å². The molecule has 0 unspecified atom stereocenters. The molecule has 1 aromatic carbocycles. The van der Waals surface area contributed by atoms with Gasteiger partial charge in [-0.3, -0.25) is 10.1 Å². The second kappa shape index (κ2) is 5.89. The summed E-state index contributed by atoms with van der Waals surface area (Å²) in [5.74, 6) is -1.17. The van der Waals surface area contributed by atoms with Crippen molar-refractivity contribution in [2.45, 2.75) is 9.92 Å². The van der Waals surface area contributed by atoms with Gasteiger partial charge in [-0.1, -0.05) is 23.4 Å². The highest BCUT2D eigenvalue weighted by Crippen LogP contribution is 2.35. The Balaban J connectivity index is 2.48. The van der Waals surface area contributed by atoms with E-state index >= 15 is 0 Å². The Hall–Kier alpha value is -2.12. The summed E-state index contributed by atoms with van der Waals surface area (Å²) in [6.07, 6.45) is 1.51. The molecule has 0 saturated carbocycles. The number of aromatic nitrogens is 1. The molecule has 8 heteroatoms. The first kappa shape index (κ1) is 14.3. The molecule has 0 fully saturated rings. The van der Waals surface area contributed by atoms with Crippen molar-refractivity contribution in [1.29, 1.82) is 0 Å². The second-order valence-electron chi connectivity index (χ2n) is 3.64. The third kappa shape index (κ3) is 3.06. The molecular weight excluding hydrogens is 304 g/mol. The Kier molecular flexibility index (Phi) is 4.21. The molecule has 2 rings (SSSR count). The van der Waals surface area contributed by atoms with Gasteiger partial charge in [-0.15, -0.1) is 0 Å². The lowest BCUT2D eigenvalue weighted by Gasteiger charge is -2.06. The van der Waals surface area contributed by atoms with Crippen LogP contribution in [0.15, 0.2) is 46.5 Å². The summed E-state index contributed by atoms with van der Waals surface area (Å²) in [6.45, 7) is 0. The van der Waals surface area contributed by atoms with E-state index in [-0.39, 0.29) is 16.1 Å². The molecule has 0 spiro atoms. The average Bonchev–Trinajstić information content (AvgIpc) is 2.41. The predicted molar refractivity (Wildman–Crippen MR) is 73.4 cm³/mol. The van der Waals surface area contributed by atoms with E-state index in [0.29, 0.717) is 10.0 Å². The lowest BCUT2D eigenvalue weighted by Crippen LogP contribution is -2.00. The van der Waals surface area contributed by atoms with E-state index in [1.807, 2.05) is 0 Å². The Bertz CT molecular complexity index is 693. The van der Waals surface area contributed by atoms with Crippen LogP contribution in [0.25, 0.3) is 0 Å². The molecule has 20 heavy (non-hydrogen) atoms. The first-order valence-corrected chi connectivity index (χ1v) is 6.48. The molecule has 2 aromatic rings. The summed E-state index contributed by atoms with van der Waals surface area (Å²) < 4.78 is 0. The molecule has 0 saturated heterocycles. The molecule has 6 nitrogen and oxygen atoms in total. The zero-order chi connectivity index (χ0) is 14.7. The zero-order valence-electron chi connectivity index (χ0n) is 9.82. The molecule has 0 aliphatic heterocycles. The normalized spacial score (nSPS) is 10.2. The van der Waals surface area contributed by atoms with Gasteiger partial charge in [-0.2, -0.15) is 0 Å². The molecule has 0 bridgehead atoms. The van der Waals surface area contributed by atoms with Crippen LogP contribution in [0, 0.1) is 10.1 Å². The van der Waals surface area contributed by atoms with Crippen LogP contribution in [0.1, 0.15) is 10.4 Å². The largest absolute Gasteiger partial charge is 0.478 e. The van der Waals surface area contributed by atoms with Gasteiger partial charge >= 0.3 is 5.97 Å². The number of hydrogen-bond acceptors (Lipinski definition) is 5. The highest BCUT2D eigenvalue weighted by Gasteiger charge is 2.17. The highest BCUT2D eigenvalue weighted by molar-refractivity contribution is 7.99. The number of benzene rings is 1. The van der Waals surface area contributed by atoms with Gasteiger partial charge in [0.05, 0.1) is 15.5 Å². The number of halogens is 1. The topological polar surface area (TPSA) is 93.3 Å². The number of carboxylic acids is 1. The Morgan fingerprint density at radius 1 is 1.40 bits per heavy atom. The quantitative estimate of drug-likeness (QED) is 0.686. The summed E-state index contributed by atoms with van der Waals surface area (Å²) in [5, 5.41) is 20.6. The molecule has 1 heterocycles. The zero-order valence-corrected chi connectivity index (χ0v) is 11.4. The number of pyridine rings is 1. The Labute approximate surface area is 122 Å². The van der Waals surface area contributed by atoms with Crippen molar-refractivity contribution in [3.63, 3.8) is 0 Å². The predicted octanol–water partition coefficient (Wildman–Crippen LogP) is 3.49. The van der Waals surface area contributed by atoms with Crippen LogP contribution in [-0.4, -0.2) is 21.0 Å². The number of nitrogens with zero attached hydrogens (tertiary/aromatic N) is 2. The number of non-ortho nitro benzene ring substituents is 1. The number of rotatable bonds is 4. The minimum atomic E-state index is -1.17. The average molecular weight is 311 g/mol. The molecule has 102 valence electrons. The molecule has 0 aliphatic carbocycles. The summed E-state index contributed by atoms with van der Waals surface area (Å²) >= 11 is 6.92. The van der Waals surface area contributed by atoms with Crippen LogP contribution in [0.3, 0.4) is 0 Å². The van der Waals surface area contributed by atoms with Gasteiger partial charge in [0.15, 0.2) is 0 Å². The fourth-order valence-corrected chi connectivity index (χ4v) is 2.61. The maximum Gasteiger partial charge on any atom is 0.336 e. The van der Waals surface area contributed by atoms with Crippen molar-refractivity contribution in [2.75, 3.05) is 0 Å². The maximum absolute atomic E-state index is 11.1. The van der Waals surface area contributed by atoms with E-state index in [0.717, 1.165) is 17.8 Å². The van der Waals surface area contributed by atoms with Crippen molar-refractivity contribution >= 4 is 35.0 Å². The lowest BCUT2D eigenvalue weighted by molar-refractivity contribution is -0.385. The van der Waals surface area contributed by atoms with Crippen LogP contribution < -0.4 is 0 Å². The van der Waals surface area contributed by atoms with Crippen LogP contribution >= 0.6 is 23.4 Å². The van der Waals surface area contributed by atoms with E-state index in [9.17, 15) is 14.9 Å². The van der Waals surface area contributed by atoms with Crippen LogP contribution in [-0.2, 0) is 0 Å². The molecule has 1 aromatic heterocycles. The van der Waals surface area contributed by atoms with E-state index in [1.54, 1.807) is 12.1 Å². The fraction of sp³-hybridized carbons (Fsp3) is 0. The number of aromatic carboxylic acids is 1. The SMILES string of the molecule is O=C(O)c1ccc([N+](=O)[O-])cc1Sc1ncccc1Cl. The van der Waals surface area contributed by atoms with E-state index in [2.05, 4.69) is 4.98 Å². The molecular formula is C12H7ClN2O4S. The third-order valence-electron chi connectivity index (χ3n) is 2.34. The molecule has 0 amide bonds. The van der Waals surface area contributed by atoms with E-state index < -0.39 is 10.9 Å². The lowest BCUT2D eigenvalue weighted by atomic mass is 10.2. The number of nitro groups is 1. The van der Waals surface area contributed by atoms with Gasteiger partial charge in [0.2, 0.25) is 0 Å². The first-order valence-electron chi connectivity index (χ1n) is 5.29. The number of carboxylic acid groups (broad SMARTS) is 1. The third-order valence-corrected chi connectivity index (χ3v) is 3.83. The Morgan fingerprint density at radius 2 is 2.15 bits per heavy atom. The van der Waals surface area contributed by atoms with Gasteiger partial charge in [-0.05, 0) is 18.2 Å². The molecule has 1 N–H and O–H groups in total. The molecule has 0 atom stereocenters. The summed E-state index contributed by atoms with van der Waals surface area (Å²) in [7, 11) is 0. The first-order chi connectivity index (χ1) is 9.49. The maximum atomic E-state index is 11.1. The minimum absolute atomic E-state index is 0.0395.